The fourth-order valence-electron chi connectivity index (χ4n) is 1.83. The summed E-state index contributed by atoms with van der Waals surface area (Å²) < 4.78 is 5.33. The maximum absolute atomic E-state index is 5.92. The number of fused-ring (bicyclic) bond motifs is 1. The molecule has 1 fully saturated rings. The van der Waals surface area contributed by atoms with E-state index >= 15 is 0 Å². The first-order valence-electron chi connectivity index (χ1n) is 5.07. The Labute approximate surface area is 114 Å². The highest BCUT2D eigenvalue weighted by Gasteiger charge is 2.17. The predicted molar refractivity (Wildman–Crippen MR) is 72.7 cm³/mol. The van der Waals surface area contributed by atoms with Crippen LogP contribution < -0.4 is 4.90 Å². The van der Waals surface area contributed by atoms with E-state index in [1.165, 1.54) is 0 Å². The quantitative estimate of drug-likeness (QED) is 0.757. The molecule has 0 aliphatic carbocycles. The van der Waals surface area contributed by atoms with Crippen molar-refractivity contribution in [2.45, 2.75) is 0 Å². The number of thiophene rings is 1. The molecule has 3 rings (SSSR count). The number of halogens is 2. The number of hydrogen-bond donors (Lipinski definition) is 0. The first-order chi connectivity index (χ1) is 7.84. The van der Waals surface area contributed by atoms with E-state index < -0.39 is 0 Å². The normalized spacial score (nSPS) is 15.9. The Balaban J connectivity index is 0.00000108. The van der Waals surface area contributed by atoms with E-state index in [4.69, 9.17) is 16.3 Å². The van der Waals surface area contributed by atoms with Crippen molar-refractivity contribution in [2.75, 3.05) is 31.2 Å². The molecule has 0 saturated carbocycles. The van der Waals surface area contributed by atoms with Crippen LogP contribution in [0, 0.1) is 0 Å². The van der Waals surface area contributed by atoms with Crippen molar-refractivity contribution >= 4 is 52.1 Å². The highest BCUT2D eigenvalue weighted by Crippen LogP contribution is 2.28. The molecule has 3 heterocycles. The molecule has 1 aliphatic rings. The van der Waals surface area contributed by atoms with Gasteiger partial charge in [0, 0.05) is 23.8 Å². The summed E-state index contributed by atoms with van der Waals surface area (Å²) in [4.78, 5) is 10.7. The Morgan fingerprint density at radius 3 is 2.76 bits per heavy atom. The van der Waals surface area contributed by atoms with Gasteiger partial charge in [0.05, 0.1) is 24.1 Å². The van der Waals surface area contributed by atoms with E-state index in [1.807, 2.05) is 5.38 Å². The topological polar surface area (TPSA) is 38.2 Å². The molecule has 0 radical (unpaired) electrons. The molecule has 0 aromatic carbocycles. The lowest BCUT2D eigenvalue weighted by Gasteiger charge is -2.28. The second kappa shape index (κ2) is 5.35. The summed E-state index contributed by atoms with van der Waals surface area (Å²) in [6, 6.07) is 0. The standard InChI is InChI=1S/C10H10ClN3OS.ClH/c11-10-12-8-6-16-5-7(8)9(13-10)14-1-3-15-4-2-14;/h5-6H,1-4H2;1H. The Hall–Kier alpha value is -0.620. The lowest BCUT2D eigenvalue weighted by atomic mass is 10.3. The maximum Gasteiger partial charge on any atom is 0.224 e. The second-order valence-electron chi connectivity index (χ2n) is 3.59. The minimum absolute atomic E-state index is 0. The van der Waals surface area contributed by atoms with Gasteiger partial charge in [-0.1, -0.05) is 0 Å². The van der Waals surface area contributed by atoms with Crippen LogP contribution in [0.3, 0.4) is 0 Å². The molecule has 7 heteroatoms. The SMILES string of the molecule is Cl.Clc1nc(N2CCOCC2)c2cscc2n1. The number of nitrogens with zero attached hydrogens (tertiary/aromatic N) is 3. The van der Waals surface area contributed by atoms with Gasteiger partial charge in [-0.3, -0.25) is 0 Å². The molecule has 0 atom stereocenters. The molecule has 17 heavy (non-hydrogen) atoms. The fourth-order valence-corrected chi connectivity index (χ4v) is 2.74. The molecular weight excluding hydrogens is 281 g/mol. The van der Waals surface area contributed by atoms with Crippen LogP contribution in [0.25, 0.3) is 10.9 Å². The molecule has 4 nitrogen and oxygen atoms in total. The zero-order valence-corrected chi connectivity index (χ0v) is 11.3. The number of rotatable bonds is 1. The molecule has 0 N–H and O–H groups in total. The number of aromatic nitrogens is 2. The number of anilines is 1. The molecule has 2 aromatic rings. The molecular formula is C10H11Cl2N3OS. The highest BCUT2D eigenvalue weighted by atomic mass is 35.5. The van der Waals surface area contributed by atoms with Crippen molar-refractivity contribution < 1.29 is 4.74 Å². The fraction of sp³-hybridized carbons (Fsp3) is 0.400. The largest absolute Gasteiger partial charge is 0.378 e. The van der Waals surface area contributed by atoms with Crippen molar-refractivity contribution in [3.63, 3.8) is 0 Å². The van der Waals surface area contributed by atoms with E-state index in [2.05, 4.69) is 20.2 Å². The van der Waals surface area contributed by atoms with Crippen molar-refractivity contribution in [1.29, 1.82) is 0 Å². The third-order valence-corrected chi connectivity index (χ3v) is 3.50. The van der Waals surface area contributed by atoms with Crippen LogP contribution in [0.2, 0.25) is 5.28 Å². The molecule has 0 bridgehead atoms. The summed E-state index contributed by atoms with van der Waals surface area (Å²) in [5.74, 6) is 0.930. The average Bonchev–Trinajstić information content (AvgIpc) is 2.77. The Bertz CT molecular complexity index is 513. The lowest BCUT2D eigenvalue weighted by Crippen LogP contribution is -2.36. The van der Waals surface area contributed by atoms with Gasteiger partial charge in [0.2, 0.25) is 5.28 Å². The summed E-state index contributed by atoms with van der Waals surface area (Å²) in [7, 11) is 0. The Morgan fingerprint density at radius 1 is 1.24 bits per heavy atom. The second-order valence-corrected chi connectivity index (χ2v) is 4.67. The number of ether oxygens (including phenoxy) is 1. The first kappa shape index (κ1) is 12.8. The van der Waals surface area contributed by atoms with Gasteiger partial charge in [-0.2, -0.15) is 4.98 Å². The molecule has 92 valence electrons. The molecule has 2 aromatic heterocycles. The zero-order valence-electron chi connectivity index (χ0n) is 8.93. The monoisotopic (exact) mass is 291 g/mol. The van der Waals surface area contributed by atoms with Crippen molar-refractivity contribution in [3.05, 3.63) is 16.0 Å². The van der Waals surface area contributed by atoms with Crippen LogP contribution in [0.15, 0.2) is 10.8 Å². The third-order valence-electron chi connectivity index (χ3n) is 2.60. The van der Waals surface area contributed by atoms with Crippen LogP contribution in [0.1, 0.15) is 0 Å². The zero-order chi connectivity index (χ0) is 11.0. The molecule has 0 unspecified atom stereocenters. The van der Waals surface area contributed by atoms with Gasteiger partial charge in [-0.15, -0.1) is 23.7 Å². The summed E-state index contributed by atoms with van der Waals surface area (Å²) in [5.41, 5.74) is 0.923. The van der Waals surface area contributed by atoms with Gasteiger partial charge in [0.15, 0.2) is 0 Å². The van der Waals surface area contributed by atoms with Gasteiger partial charge in [-0.25, -0.2) is 4.98 Å². The minimum atomic E-state index is 0. The van der Waals surface area contributed by atoms with Gasteiger partial charge in [-0.05, 0) is 11.6 Å². The Kier molecular flexibility index (Phi) is 4.04. The van der Waals surface area contributed by atoms with Gasteiger partial charge in [0.1, 0.15) is 5.82 Å². The predicted octanol–water partition coefficient (Wildman–Crippen LogP) is 2.60. The molecule has 1 aliphatic heterocycles. The van der Waals surface area contributed by atoms with Crippen LogP contribution in [-0.2, 0) is 4.74 Å². The molecule has 0 amide bonds. The Morgan fingerprint density at radius 2 is 2.00 bits per heavy atom. The molecule has 1 saturated heterocycles. The van der Waals surface area contributed by atoms with E-state index in [9.17, 15) is 0 Å². The highest BCUT2D eigenvalue weighted by molar-refractivity contribution is 7.09. The minimum Gasteiger partial charge on any atom is -0.378 e. The van der Waals surface area contributed by atoms with E-state index in [-0.39, 0.29) is 12.4 Å². The van der Waals surface area contributed by atoms with Gasteiger partial charge < -0.3 is 9.64 Å². The summed E-state index contributed by atoms with van der Waals surface area (Å²) in [6.45, 7) is 3.21. The van der Waals surface area contributed by atoms with E-state index in [1.54, 1.807) is 11.3 Å². The third kappa shape index (κ3) is 2.47. The van der Waals surface area contributed by atoms with Crippen LogP contribution in [0.4, 0.5) is 5.82 Å². The summed E-state index contributed by atoms with van der Waals surface area (Å²) in [5, 5.41) is 5.45. The van der Waals surface area contributed by atoms with Gasteiger partial charge >= 0.3 is 0 Å². The van der Waals surface area contributed by atoms with Crippen molar-refractivity contribution in [3.8, 4) is 0 Å². The first-order valence-corrected chi connectivity index (χ1v) is 6.39. The average molecular weight is 292 g/mol. The van der Waals surface area contributed by atoms with E-state index in [0.717, 1.165) is 43.0 Å². The van der Waals surface area contributed by atoms with Crippen molar-refractivity contribution in [1.82, 2.24) is 9.97 Å². The van der Waals surface area contributed by atoms with Crippen LogP contribution >= 0.6 is 35.3 Å². The summed E-state index contributed by atoms with van der Waals surface area (Å²) >= 11 is 7.55. The summed E-state index contributed by atoms with van der Waals surface area (Å²) in [6.07, 6.45) is 0. The molecule has 0 spiro atoms. The maximum atomic E-state index is 5.92. The van der Waals surface area contributed by atoms with Gasteiger partial charge in [0.25, 0.3) is 0 Å². The lowest BCUT2D eigenvalue weighted by molar-refractivity contribution is 0.122. The van der Waals surface area contributed by atoms with Crippen molar-refractivity contribution in [2.24, 2.45) is 0 Å². The van der Waals surface area contributed by atoms with E-state index in [0.29, 0.717) is 5.28 Å². The van der Waals surface area contributed by atoms with Crippen LogP contribution in [0.5, 0.6) is 0 Å². The smallest absolute Gasteiger partial charge is 0.224 e. The number of morpholine rings is 1. The number of hydrogen-bond acceptors (Lipinski definition) is 5. The van der Waals surface area contributed by atoms with Crippen LogP contribution in [-0.4, -0.2) is 36.3 Å².